The van der Waals surface area contributed by atoms with Gasteiger partial charge >= 0.3 is 0 Å². The third-order valence-electron chi connectivity index (χ3n) is 3.25. The van der Waals surface area contributed by atoms with Crippen LogP contribution in [0.25, 0.3) is 0 Å². The number of benzene rings is 1. The lowest BCUT2D eigenvalue weighted by Gasteiger charge is -2.11. The quantitative estimate of drug-likeness (QED) is 0.757. The molecule has 82 valence electrons. The molecule has 3 heteroatoms. The van der Waals surface area contributed by atoms with Gasteiger partial charge in [0.25, 0.3) is 0 Å². The van der Waals surface area contributed by atoms with Gasteiger partial charge in [-0.2, -0.15) is 5.26 Å². The summed E-state index contributed by atoms with van der Waals surface area (Å²) in [5.74, 6) is 2.04. The van der Waals surface area contributed by atoms with Gasteiger partial charge in [-0.3, -0.25) is 0 Å². The molecule has 0 N–H and O–H groups in total. The Labute approximate surface area is 94.6 Å². The van der Waals surface area contributed by atoms with Crippen molar-refractivity contribution < 1.29 is 9.47 Å². The molecule has 3 rings (SSSR count). The fourth-order valence-electron chi connectivity index (χ4n) is 2.53. The van der Waals surface area contributed by atoms with Crippen molar-refractivity contribution in [2.24, 2.45) is 0 Å². The molecule has 0 amide bonds. The molecule has 0 aliphatic carbocycles. The number of ether oxygens (including phenoxy) is 2. The summed E-state index contributed by atoms with van der Waals surface area (Å²) >= 11 is 0. The molecule has 0 spiro atoms. The number of nitrogens with zero attached hydrogens (tertiary/aromatic N) is 1. The molecule has 0 saturated carbocycles. The van der Waals surface area contributed by atoms with Crippen LogP contribution < -0.4 is 9.47 Å². The average Bonchev–Trinajstić information content (AvgIpc) is 2.91. The van der Waals surface area contributed by atoms with Crippen LogP contribution in [0.3, 0.4) is 0 Å². The van der Waals surface area contributed by atoms with Crippen LogP contribution in [0.5, 0.6) is 11.5 Å². The second-order valence-electron chi connectivity index (χ2n) is 4.18. The Morgan fingerprint density at radius 1 is 1.25 bits per heavy atom. The van der Waals surface area contributed by atoms with Crippen molar-refractivity contribution in [1.29, 1.82) is 5.26 Å². The van der Waals surface area contributed by atoms with Crippen LogP contribution in [0, 0.1) is 11.3 Å². The number of hydrogen-bond donors (Lipinski definition) is 0. The highest BCUT2D eigenvalue weighted by Gasteiger charge is 2.25. The summed E-state index contributed by atoms with van der Waals surface area (Å²) < 4.78 is 11.3. The van der Waals surface area contributed by atoms with Crippen molar-refractivity contribution >= 4 is 0 Å². The number of rotatable bonds is 2. The normalized spacial score (nSPS) is 15.9. The maximum Gasteiger partial charge on any atom is 0.126 e. The molecule has 1 aromatic carbocycles. The smallest absolute Gasteiger partial charge is 0.126 e. The Morgan fingerprint density at radius 2 is 2.12 bits per heavy atom. The molecule has 0 atom stereocenters. The Bertz CT molecular complexity index is 442. The third kappa shape index (κ3) is 1.34. The van der Waals surface area contributed by atoms with Crippen LogP contribution in [0.1, 0.15) is 23.1 Å². The molecule has 0 aromatic heterocycles. The van der Waals surface area contributed by atoms with E-state index in [0.717, 1.165) is 44.0 Å². The van der Waals surface area contributed by atoms with Gasteiger partial charge in [0.2, 0.25) is 0 Å². The van der Waals surface area contributed by atoms with E-state index in [-0.39, 0.29) is 0 Å². The van der Waals surface area contributed by atoms with Crippen molar-refractivity contribution in [1.82, 2.24) is 0 Å². The van der Waals surface area contributed by atoms with E-state index in [0.29, 0.717) is 6.42 Å². The Hall–Kier alpha value is -1.69. The molecular weight excluding hydrogens is 202 g/mol. The van der Waals surface area contributed by atoms with Crippen molar-refractivity contribution in [2.45, 2.75) is 25.7 Å². The van der Waals surface area contributed by atoms with E-state index in [1.54, 1.807) is 0 Å². The lowest BCUT2D eigenvalue weighted by Crippen LogP contribution is -1.96. The molecule has 16 heavy (non-hydrogen) atoms. The van der Waals surface area contributed by atoms with Crippen LogP contribution >= 0.6 is 0 Å². The molecule has 0 unspecified atom stereocenters. The van der Waals surface area contributed by atoms with Gasteiger partial charge in [-0.1, -0.05) is 0 Å². The molecule has 0 fully saturated rings. The Kier molecular flexibility index (Phi) is 2.21. The largest absolute Gasteiger partial charge is 0.493 e. The highest BCUT2D eigenvalue weighted by Crippen LogP contribution is 2.40. The minimum absolute atomic E-state index is 0.548. The van der Waals surface area contributed by atoms with Gasteiger partial charge in [0.05, 0.1) is 19.3 Å². The van der Waals surface area contributed by atoms with Gasteiger partial charge in [-0.15, -0.1) is 0 Å². The molecule has 2 aliphatic heterocycles. The van der Waals surface area contributed by atoms with Crippen molar-refractivity contribution in [3.63, 3.8) is 0 Å². The maximum atomic E-state index is 8.70. The summed E-state index contributed by atoms with van der Waals surface area (Å²) in [5, 5.41) is 8.70. The summed E-state index contributed by atoms with van der Waals surface area (Å²) in [7, 11) is 0. The van der Waals surface area contributed by atoms with Crippen molar-refractivity contribution in [3.8, 4) is 17.6 Å². The Morgan fingerprint density at radius 3 is 3.00 bits per heavy atom. The van der Waals surface area contributed by atoms with Crippen molar-refractivity contribution in [2.75, 3.05) is 13.2 Å². The molecule has 3 nitrogen and oxygen atoms in total. The summed E-state index contributed by atoms with van der Waals surface area (Å²) in [6.07, 6.45) is 3.25. The van der Waals surface area contributed by atoms with Gasteiger partial charge in [0.15, 0.2) is 0 Å². The van der Waals surface area contributed by atoms with E-state index < -0.39 is 0 Å². The zero-order chi connectivity index (χ0) is 11.0. The number of nitriles is 1. The fourth-order valence-corrected chi connectivity index (χ4v) is 2.53. The standard InChI is InChI=1S/C13H13NO2/c14-5-1-2-11-10-4-7-15-12(10)8-9-3-6-16-13(9)11/h8H,1-4,6-7H2. The SMILES string of the molecule is N#CCCc1c2c(cc3c1OCC3)OCC2. The van der Waals surface area contributed by atoms with E-state index in [4.69, 9.17) is 14.7 Å². The molecule has 2 heterocycles. The second kappa shape index (κ2) is 3.71. The summed E-state index contributed by atoms with van der Waals surface area (Å²) in [6.45, 7) is 1.52. The summed E-state index contributed by atoms with van der Waals surface area (Å²) in [5.41, 5.74) is 3.72. The first kappa shape index (κ1) is 9.53. The fraction of sp³-hybridized carbons (Fsp3) is 0.462. The van der Waals surface area contributed by atoms with Crippen LogP contribution in [0.15, 0.2) is 6.07 Å². The highest BCUT2D eigenvalue weighted by molar-refractivity contribution is 5.56. The average molecular weight is 215 g/mol. The predicted molar refractivity (Wildman–Crippen MR) is 58.8 cm³/mol. The first-order valence-electron chi connectivity index (χ1n) is 5.70. The van der Waals surface area contributed by atoms with E-state index in [2.05, 4.69) is 12.1 Å². The highest BCUT2D eigenvalue weighted by atomic mass is 16.5. The lowest BCUT2D eigenvalue weighted by atomic mass is 9.96. The maximum absolute atomic E-state index is 8.70. The predicted octanol–water partition coefficient (Wildman–Crippen LogP) is 2.01. The van der Waals surface area contributed by atoms with Crippen LogP contribution in [0.2, 0.25) is 0 Å². The van der Waals surface area contributed by atoms with Crippen LogP contribution in [0.4, 0.5) is 0 Å². The van der Waals surface area contributed by atoms with Crippen LogP contribution in [-0.2, 0) is 19.3 Å². The molecule has 0 saturated heterocycles. The molecule has 0 radical (unpaired) electrons. The topological polar surface area (TPSA) is 42.2 Å². The van der Waals surface area contributed by atoms with E-state index in [1.807, 2.05) is 0 Å². The van der Waals surface area contributed by atoms with E-state index in [9.17, 15) is 0 Å². The van der Waals surface area contributed by atoms with Crippen LogP contribution in [-0.4, -0.2) is 13.2 Å². The zero-order valence-electron chi connectivity index (χ0n) is 9.08. The Balaban J connectivity index is 2.09. The van der Waals surface area contributed by atoms with Gasteiger partial charge in [0, 0.05) is 36.0 Å². The minimum Gasteiger partial charge on any atom is -0.493 e. The molecule has 1 aromatic rings. The summed E-state index contributed by atoms with van der Waals surface area (Å²) in [6, 6.07) is 4.31. The first-order valence-corrected chi connectivity index (χ1v) is 5.70. The number of hydrogen-bond acceptors (Lipinski definition) is 3. The second-order valence-corrected chi connectivity index (χ2v) is 4.18. The van der Waals surface area contributed by atoms with E-state index >= 15 is 0 Å². The summed E-state index contributed by atoms with van der Waals surface area (Å²) in [4.78, 5) is 0. The van der Waals surface area contributed by atoms with Gasteiger partial charge in [-0.05, 0) is 12.5 Å². The van der Waals surface area contributed by atoms with Gasteiger partial charge in [0.1, 0.15) is 11.5 Å². The van der Waals surface area contributed by atoms with Gasteiger partial charge < -0.3 is 9.47 Å². The molecule has 2 aliphatic rings. The van der Waals surface area contributed by atoms with Crippen molar-refractivity contribution in [3.05, 3.63) is 22.8 Å². The third-order valence-corrected chi connectivity index (χ3v) is 3.25. The zero-order valence-corrected chi connectivity index (χ0v) is 9.08. The van der Waals surface area contributed by atoms with E-state index in [1.165, 1.54) is 16.7 Å². The minimum atomic E-state index is 0.548. The molecule has 0 bridgehead atoms. The first-order chi connectivity index (χ1) is 7.90. The van der Waals surface area contributed by atoms with Gasteiger partial charge in [-0.25, -0.2) is 0 Å². The lowest BCUT2D eigenvalue weighted by molar-refractivity contribution is 0.353. The monoisotopic (exact) mass is 215 g/mol. The number of fused-ring (bicyclic) bond motifs is 2. The molecular formula is C13H13NO2.